The molecule has 1 aliphatic rings. The number of carbonyl (C=O) groups is 1. The maximum atomic E-state index is 14.1. The van der Waals surface area contributed by atoms with Crippen molar-refractivity contribution in [3.8, 4) is 0 Å². The number of piperazine rings is 1. The first-order chi connectivity index (χ1) is 14.7. The van der Waals surface area contributed by atoms with Gasteiger partial charge in [0.25, 0.3) is 0 Å². The van der Waals surface area contributed by atoms with E-state index in [2.05, 4.69) is 14.6 Å². The number of aliphatic hydroxyl groups is 1. The van der Waals surface area contributed by atoms with Crippen LogP contribution in [0.2, 0.25) is 0 Å². The summed E-state index contributed by atoms with van der Waals surface area (Å²) in [6, 6.07) is 9.91. The second-order valence-electron chi connectivity index (χ2n) is 7.76. The van der Waals surface area contributed by atoms with Crippen LogP contribution in [0.3, 0.4) is 0 Å². The van der Waals surface area contributed by atoms with Crippen LogP contribution in [0.25, 0.3) is 0 Å². The molecule has 0 aliphatic carbocycles. The highest BCUT2D eigenvalue weighted by atomic mass is 19.4. The molecule has 31 heavy (non-hydrogen) atoms. The molecule has 1 aromatic heterocycles. The summed E-state index contributed by atoms with van der Waals surface area (Å²) in [4.78, 5) is 20.1. The molecule has 0 amide bonds. The quantitative estimate of drug-likeness (QED) is 0.662. The number of carbonyl (C=O) groups excluding carboxylic acids is 1. The van der Waals surface area contributed by atoms with E-state index in [-0.39, 0.29) is 6.54 Å². The minimum absolute atomic E-state index is 0.297. The third-order valence-corrected chi connectivity index (χ3v) is 5.74. The third kappa shape index (κ3) is 4.91. The number of benzene rings is 1. The second-order valence-corrected chi connectivity index (χ2v) is 7.76. The molecule has 0 spiro atoms. The van der Waals surface area contributed by atoms with E-state index in [0.717, 1.165) is 30.0 Å². The van der Waals surface area contributed by atoms with Gasteiger partial charge in [0, 0.05) is 58.7 Å². The van der Waals surface area contributed by atoms with Gasteiger partial charge < -0.3 is 14.4 Å². The molecule has 2 aromatic rings. The highest BCUT2D eigenvalue weighted by Crippen LogP contribution is 2.44. The fraction of sp³-hybridized carbons (Fsp3) is 0.524. The van der Waals surface area contributed by atoms with Crippen LogP contribution >= 0.6 is 0 Å². The van der Waals surface area contributed by atoms with Crippen molar-refractivity contribution in [3.63, 3.8) is 0 Å². The van der Waals surface area contributed by atoms with Crippen LogP contribution in [0.5, 0.6) is 0 Å². The lowest BCUT2D eigenvalue weighted by Gasteiger charge is -2.40. The van der Waals surface area contributed by atoms with Crippen molar-refractivity contribution in [2.24, 2.45) is 13.0 Å². The first-order valence-electron chi connectivity index (χ1n) is 10.00. The number of halogens is 3. The molecule has 1 N–H and O–H groups in total. The number of ether oxygens (including phenoxy) is 1. The van der Waals surface area contributed by atoms with E-state index in [9.17, 15) is 23.1 Å². The van der Waals surface area contributed by atoms with Gasteiger partial charge in [-0.2, -0.15) is 13.2 Å². The molecule has 1 aliphatic heterocycles. The van der Waals surface area contributed by atoms with Crippen molar-refractivity contribution in [2.75, 3.05) is 39.8 Å². The molecule has 0 unspecified atom stereocenters. The lowest BCUT2D eigenvalue weighted by atomic mass is 9.84. The minimum atomic E-state index is -5.12. The fourth-order valence-electron chi connectivity index (χ4n) is 3.96. The summed E-state index contributed by atoms with van der Waals surface area (Å²) in [7, 11) is 2.36. The van der Waals surface area contributed by atoms with Gasteiger partial charge in [-0.3, -0.25) is 14.6 Å². The Bertz CT molecular complexity index is 866. The Balaban J connectivity index is 1.76. The van der Waals surface area contributed by atoms with E-state index >= 15 is 0 Å². The van der Waals surface area contributed by atoms with Crippen molar-refractivity contribution < 1.29 is 27.8 Å². The molecule has 7 nitrogen and oxygen atoms in total. The number of rotatable bonds is 7. The number of esters is 1. The minimum Gasteiger partial charge on any atom is -0.469 e. The number of hydrogen-bond acceptors (Lipinski definition) is 6. The standard InChI is InChI=1S/C21H27F3N4O3/c1-26-9-8-25-19(26)20(30,21(22,23)24)17(18(29)31-2)15-28-12-10-27(11-13-28)14-16-6-4-3-5-7-16/h3-9,17,30H,10-15H2,1-2H3/t17-,20+/m1/s1. The van der Waals surface area contributed by atoms with Gasteiger partial charge in [-0.15, -0.1) is 0 Å². The molecule has 0 bridgehead atoms. The Morgan fingerprint density at radius 1 is 1.16 bits per heavy atom. The average Bonchev–Trinajstić information content (AvgIpc) is 3.18. The van der Waals surface area contributed by atoms with Crippen LogP contribution in [-0.4, -0.2) is 76.4 Å². The molecule has 170 valence electrons. The van der Waals surface area contributed by atoms with Crippen LogP contribution in [0.15, 0.2) is 42.7 Å². The summed E-state index contributed by atoms with van der Waals surface area (Å²) in [5.41, 5.74) is -2.32. The maximum Gasteiger partial charge on any atom is 0.425 e. The SMILES string of the molecule is COC(=O)[C@@H](CN1CCN(Cc2ccccc2)CC1)[C@](O)(c1nccn1C)C(F)(F)F. The number of methoxy groups -OCH3 is 1. The maximum absolute atomic E-state index is 14.1. The summed E-state index contributed by atoms with van der Waals surface area (Å²) in [5, 5.41) is 10.9. The zero-order chi connectivity index (χ0) is 22.6. The lowest BCUT2D eigenvalue weighted by molar-refractivity contribution is -0.291. The topological polar surface area (TPSA) is 70.8 Å². The summed E-state index contributed by atoms with van der Waals surface area (Å²) >= 11 is 0. The highest BCUT2D eigenvalue weighted by molar-refractivity contribution is 5.74. The molecule has 2 heterocycles. The van der Waals surface area contributed by atoms with Crippen LogP contribution in [0.1, 0.15) is 11.4 Å². The van der Waals surface area contributed by atoms with E-state index in [4.69, 9.17) is 0 Å². The van der Waals surface area contributed by atoms with Crippen LogP contribution < -0.4 is 0 Å². The highest BCUT2D eigenvalue weighted by Gasteiger charge is 2.65. The second kappa shape index (κ2) is 9.37. The molecule has 1 fully saturated rings. The molecular weight excluding hydrogens is 413 g/mol. The van der Waals surface area contributed by atoms with E-state index in [0.29, 0.717) is 26.2 Å². The molecule has 0 radical (unpaired) electrons. The van der Waals surface area contributed by atoms with Gasteiger partial charge in [-0.25, -0.2) is 4.98 Å². The van der Waals surface area contributed by atoms with E-state index in [1.54, 1.807) is 4.90 Å². The number of nitrogens with zero attached hydrogens (tertiary/aromatic N) is 4. The largest absolute Gasteiger partial charge is 0.469 e. The molecule has 10 heteroatoms. The van der Waals surface area contributed by atoms with Gasteiger partial charge in [-0.05, 0) is 5.56 Å². The van der Waals surface area contributed by atoms with E-state index < -0.39 is 29.5 Å². The number of imidazole rings is 1. The summed E-state index contributed by atoms with van der Waals surface area (Å²) in [6.45, 7) is 2.65. The lowest BCUT2D eigenvalue weighted by Crippen LogP contribution is -2.58. The first-order valence-corrected chi connectivity index (χ1v) is 10.00. The zero-order valence-corrected chi connectivity index (χ0v) is 17.5. The Morgan fingerprint density at radius 2 is 1.77 bits per heavy atom. The first kappa shape index (κ1) is 23.2. The van der Waals surface area contributed by atoms with Gasteiger partial charge in [-0.1, -0.05) is 30.3 Å². The van der Waals surface area contributed by atoms with Gasteiger partial charge in [0.15, 0.2) is 5.82 Å². The predicted molar refractivity (Wildman–Crippen MR) is 107 cm³/mol. The van der Waals surface area contributed by atoms with Crippen LogP contribution in [0, 0.1) is 5.92 Å². The molecule has 3 rings (SSSR count). The number of aromatic nitrogens is 2. The Kier molecular flexibility index (Phi) is 7.03. The Morgan fingerprint density at radius 3 is 2.29 bits per heavy atom. The van der Waals surface area contributed by atoms with E-state index in [1.165, 1.54) is 13.2 Å². The summed E-state index contributed by atoms with van der Waals surface area (Å²) in [5.74, 6) is -3.65. The summed E-state index contributed by atoms with van der Waals surface area (Å²) in [6.07, 6.45) is -2.68. The van der Waals surface area contributed by atoms with Crippen molar-refractivity contribution in [3.05, 3.63) is 54.1 Å². The number of aryl methyl sites for hydroxylation is 1. The van der Waals surface area contributed by atoms with Crippen molar-refractivity contribution in [2.45, 2.75) is 18.3 Å². The Labute approximate surface area is 179 Å². The number of alkyl halides is 3. The fourth-order valence-corrected chi connectivity index (χ4v) is 3.96. The van der Waals surface area contributed by atoms with Crippen LogP contribution in [-0.2, 0) is 28.7 Å². The van der Waals surface area contributed by atoms with E-state index in [1.807, 2.05) is 30.3 Å². The molecule has 0 saturated carbocycles. The number of hydrogen-bond donors (Lipinski definition) is 1. The summed E-state index contributed by atoms with van der Waals surface area (Å²) < 4.78 is 48.1. The normalized spacial score (nSPS) is 19.0. The molecular formula is C21H27F3N4O3. The monoisotopic (exact) mass is 440 g/mol. The molecule has 1 saturated heterocycles. The van der Waals surface area contributed by atoms with Crippen molar-refractivity contribution >= 4 is 5.97 Å². The predicted octanol–water partition coefficient (Wildman–Crippen LogP) is 1.78. The molecule has 2 atom stereocenters. The van der Waals surface area contributed by atoms with Gasteiger partial charge in [0.05, 0.1) is 7.11 Å². The van der Waals surface area contributed by atoms with Crippen molar-refractivity contribution in [1.29, 1.82) is 0 Å². The van der Waals surface area contributed by atoms with Gasteiger partial charge in [0.2, 0.25) is 5.60 Å². The van der Waals surface area contributed by atoms with Crippen molar-refractivity contribution in [1.82, 2.24) is 19.4 Å². The molecule has 1 aromatic carbocycles. The third-order valence-electron chi connectivity index (χ3n) is 5.74. The Hall–Kier alpha value is -2.43. The zero-order valence-electron chi connectivity index (χ0n) is 17.5. The van der Waals surface area contributed by atoms with Gasteiger partial charge in [0.1, 0.15) is 5.92 Å². The smallest absolute Gasteiger partial charge is 0.425 e. The van der Waals surface area contributed by atoms with Gasteiger partial charge >= 0.3 is 12.1 Å². The average molecular weight is 440 g/mol. The van der Waals surface area contributed by atoms with Crippen LogP contribution in [0.4, 0.5) is 13.2 Å².